The van der Waals surface area contributed by atoms with Crippen molar-refractivity contribution in [1.29, 1.82) is 0 Å². The van der Waals surface area contributed by atoms with Crippen molar-refractivity contribution in [2.24, 2.45) is 0 Å². The number of aliphatic hydroxyl groups is 1. The average molecular weight is 289 g/mol. The van der Waals surface area contributed by atoms with E-state index in [1.807, 2.05) is 0 Å². The third-order valence-corrected chi connectivity index (χ3v) is 2.22. The van der Waals surface area contributed by atoms with Crippen molar-refractivity contribution < 1.29 is 19.8 Å². The molecule has 0 saturated carbocycles. The molecule has 0 aliphatic carbocycles. The molecule has 0 fully saturated rings. The van der Waals surface area contributed by atoms with Gasteiger partial charge in [0.05, 0.1) is 6.61 Å². The molecule has 1 atom stereocenters. The first kappa shape index (κ1) is 12.6. The second-order valence-corrected chi connectivity index (χ2v) is 3.82. The zero-order chi connectivity index (χ0) is 12.1. The van der Waals surface area contributed by atoms with Crippen molar-refractivity contribution in [1.82, 2.24) is 10.3 Å². The lowest BCUT2D eigenvalue weighted by atomic mass is 10.3. The van der Waals surface area contributed by atoms with Crippen molar-refractivity contribution in [2.45, 2.75) is 6.04 Å². The van der Waals surface area contributed by atoms with E-state index < -0.39 is 24.5 Å². The molecule has 0 spiro atoms. The van der Waals surface area contributed by atoms with Gasteiger partial charge in [0.1, 0.15) is 5.69 Å². The molecule has 0 aliphatic rings. The number of carbonyl (C=O) groups excluding carboxylic acids is 1. The van der Waals surface area contributed by atoms with Crippen molar-refractivity contribution in [3.8, 4) is 0 Å². The van der Waals surface area contributed by atoms with Crippen molar-refractivity contribution in [2.75, 3.05) is 6.61 Å². The second kappa shape index (κ2) is 5.57. The number of halogens is 1. The molecule has 1 heterocycles. The molecule has 0 aliphatic heterocycles. The Morgan fingerprint density at radius 2 is 2.19 bits per heavy atom. The fourth-order valence-corrected chi connectivity index (χ4v) is 1.16. The van der Waals surface area contributed by atoms with Crippen LogP contribution < -0.4 is 5.32 Å². The molecule has 86 valence electrons. The maximum absolute atomic E-state index is 11.5. The Morgan fingerprint density at radius 3 is 2.62 bits per heavy atom. The number of carboxylic acid groups (broad SMARTS) is 1. The number of nitrogens with zero attached hydrogens (tertiary/aromatic N) is 1. The number of hydrogen-bond acceptors (Lipinski definition) is 4. The predicted octanol–water partition coefficient (Wildman–Crippen LogP) is 0.0194. The summed E-state index contributed by atoms with van der Waals surface area (Å²) in [6.45, 7) is -0.669. The molecule has 0 bridgehead atoms. The lowest BCUT2D eigenvalue weighted by Crippen LogP contribution is -2.43. The molecule has 1 aromatic heterocycles. The number of carboxylic acids is 1. The number of nitrogens with one attached hydrogen (secondary N) is 1. The number of aliphatic hydroxyl groups excluding tert-OH is 1. The van der Waals surface area contributed by atoms with E-state index in [1.165, 1.54) is 12.3 Å². The van der Waals surface area contributed by atoms with Gasteiger partial charge in [-0.15, -0.1) is 0 Å². The van der Waals surface area contributed by atoms with E-state index in [4.69, 9.17) is 10.2 Å². The van der Waals surface area contributed by atoms with Crippen LogP contribution in [0.5, 0.6) is 0 Å². The largest absolute Gasteiger partial charge is 0.480 e. The van der Waals surface area contributed by atoms with Crippen LogP contribution in [0.3, 0.4) is 0 Å². The van der Waals surface area contributed by atoms with E-state index >= 15 is 0 Å². The number of aromatic nitrogens is 1. The molecular weight excluding hydrogens is 280 g/mol. The lowest BCUT2D eigenvalue weighted by molar-refractivity contribution is -0.140. The molecule has 6 nitrogen and oxygen atoms in total. The average Bonchev–Trinajstić information content (AvgIpc) is 2.26. The molecule has 1 rings (SSSR count). The van der Waals surface area contributed by atoms with E-state index in [1.54, 1.807) is 6.07 Å². The van der Waals surface area contributed by atoms with Gasteiger partial charge in [-0.1, -0.05) is 0 Å². The molecule has 3 N–H and O–H groups in total. The van der Waals surface area contributed by atoms with Crippen LogP contribution in [0.25, 0.3) is 0 Å². The quantitative estimate of drug-likeness (QED) is 0.725. The molecule has 0 aromatic carbocycles. The number of pyridine rings is 1. The predicted molar refractivity (Wildman–Crippen MR) is 57.9 cm³/mol. The van der Waals surface area contributed by atoms with Crippen LogP contribution in [0.1, 0.15) is 10.5 Å². The molecule has 7 heteroatoms. The van der Waals surface area contributed by atoms with Crippen LogP contribution in [0, 0.1) is 0 Å². The smallest absolute Gasteiger partial charge is 0.328 e. The highest BCUT2D eigenvalue weighted by atomic mass is 79.9. The Kier molecular flexibility index (Phi) is 4.39. The van der Waals surface area contributed by atoms with Crippen molar-refractivity contribution >= 4 is 27.8 Å². The van der Waals surface area contributed by atoms with Crippen molar-refractivity contribution in [3.63, 3.8) is 0 Å². The van der Waals surface area contributed by atoms with Gasteiger partial charge in [-0.3, -0.25) is 4.79 Å². The summed E-state index contributed by atoms with van der Waals surface area (Å²) in [5.41, 5.74) is 0.0860. The number of carbonyl (C=O) groups is 2. The van der Waals surface area contributed by atoms with Gasteiger partial charge < -0.3 is 15.5 Å². The van der Waals surface area contributed by atoms with Gasteiger partial charge >= 0.3 is 5.97 Å². The fraction of sp³-hybridized carbons (Fsp3) is 0.222. The van der Waals surface area contributed by atoms with Crippen LogP contribution >= 0.6 is 15.9 Å². The van der Waals surface area contributed by atoms with Crippen molar-refractivity contribution in [3.05, 3.63) is 28.5 Å². The van der Waals surface area contributed by atoms with Crippen LogP contribution in [0.4, 0.5) is 0 Å². The van der Waals surface area contributed by atoms with E-state index in [-0.39, 0.29) is 5.69 Å². The van der Waals surface area contributed by atoms with Gasteiger partial charge in [-0.25, -0.2) is 9.78 Å². The second-order valence-electron chi connectivity index (χ2n) is 2.91. The minimum atomic E-state index is -1.32. The summed E-state index contributed by atoms with van der Waals surface area (Å²) in [6, 6.07) is 1.73. The minimum absolute atomic E-state index is 0.0860. The Bertz CT molecular complexity index is 393. The summed E-state index contributed by atoms with van der Waals surface area (Å²) < 4.78 is 0.709. The van der Waals surface area contributed by atoms with Gasteiger partial charge in [0, 0.05) is 10.7 Å². The van der Waals surface area contributed by atoms with E-state index in [0.29, 0.717) is 4.47 Å². The molecule has 1 amide bonds. The van der Waals surface area contributed by atoms with Crippen LogP contribution in [0.15, 0.2) is 22.8 Å². The molecule has 1 unspecified atom stereocenters. The van der Waals surface area contributed by atoms with E-state index in [2.05, 4.69) is 26.2 Å². The van der Waals surface area contributed by atoms with Crippen LogP contribution in [-0.2, 0) is 4.79 Å². The van der Waals surface area contributed by atoms with Gasteiger partial charge in [0.25, 0.3) is 5.91 Å². The number of rotatable bonds is 4. The zero-order valence-corrected chi connectivity index (χ0v) is 9.64. The minimum Gasteiger partial charge on any atom is -0.480 e. The molecule has 0 saturated heterocycles. The van der Waals surface area contributed by atoms with Gasteiger partial charge in [-0.05, 0) is 28.1 Å². The van der Waals surface area contributed by atoms with Crippen LogP contribution in [-0.4, -0.2) is 39.7 Å². The van der Waals surface area contributed by atoms with Gasteiger partial charge in [0.2, 0.25) is 0 Å². The highest BCUT2D eigenvalue weighted by molar-refractivity contribution is 9.10. The monoisotopic (exact) mass is 288 g/mol. The topological polar surface area (TPSA) is 99.5 Å². The lowest BCUT2D eigenvalue weighted by Gasteiger charge is -2.10. The fourth-order valence-electron chi connectivity index (χ4n) is 0.928. The highest BCUT2D eigenvalue weighted by Gasteiger charge is 2.19. The summed E-state index contributed by atoms with van der Waals surface area (Å²) in [5.74, 6) is -1.94. The SMILES string of the molecule is O=C(NC(CO)C(=O)O)c1ccc(Br)cn1. The third-order valence-electron chi connectivity index (χ3n) is 1.75. The normalized spacial score (nSPS) is 11.9. The first-order valence-electron chi connectivity index (χ1n) is 4.30. The molecule has 16 heavy (non-hydrogen) atoms. The first-order valence-corrected chi connectivity index (χ1v) is 5.10. The summed E-state index contributed by atoms with van der Waals surface area (Å²) in [5, 5.41) is 19.5. The molecule has 0 radical (unpaired) electrons. The summed E-state index contributed by atoms with van der Waals surface area (Å²) >= 11 is 3.15. The molecular formula is C9H9BrN2O4. The summed E-state index contributed by atoms with van der Waals surface area (Å²) in [7, 11) is 0. The summed E-state index contributed by atoms with van der Waals surface area (Å²) in [6.07, 6.45) is 1.42. The summed E-state index contributed by atoms with van der Waals surface area (Å²) in [4.78, 5) is 25.8. The maximum Gasteiger partial charge on any atom is 0.328 e. The zero-order valence-electron chi connectivity index (χ0n) is 8.05. The number of aliphatic carboxylic acids is 1. The number of amides is 1. The standard InChI is InChI=1S/C9H9BrN2O4/c10-5-1-2-6(11-3-5)8(14)12-7(4-13)9(15)16/h1-3,7,13H,4H2,(H,12,14)(H,15,16). The van der Waals surface area contributed by atoms with Gasteiger partial charge in [-0.2, -0.15) is 0 Å². The Morgan fingerprint density at radius 1 is 1.50 bits per heavy atom. The first-order chi connectivity index (χ1) is 7.54. The van der Waals surface area contributed by atoms with E-state index in [9.17, 15) is 9.59 Å². The van der Waals surface area contributed by atoms with E-state index in [0.717, 1.165) is 0 Å². The third kappa shape index (κ3) is 3.28. The maximum atomic E-state index is 11.5. The Hall–Kier alpha value is -1.47. The highest BCUT2D eigenvalue weighted by Crippen LogP contribution is 2.07. The Balaban J connectivity index is 2.71. The molecule has 1 aromatic rings. The Labute approximate surface area is 99.4 Å². The number of hydrogen-bond donors (Lipinski definition) is 3. The van der Waals surface area contributed by atoms with Gasteiger partial charge in [0.15, 0.2) is 6.04 Å². The van der Waals surface area contributed by atoms with Crippen LogP contribution in [0.2, 0.25) is 0 Å².